The van der Waals surface area contributed by atoms with E-state index in [9.17, 15) is 0 Å². The van der Waals surface area contributed by atoms with E-state index in [0.29, 0.717) is 0 Å². The molecular formula is C5H8N2S. The van der Waals surface area contributed by atoms with Gasteiger partial charge in [0.2, 0.25) is 0 Å². The molecule has 1 heterocycles. The predicted molar refractivity (Wildman–Crippen MR) is 34.7 cm³/mol. The Balaban J connectivity index is 2.25. The summed E-state index contributed by atoms with van der Waals surface area (Å²) in [7, 11) is 0. The minimum atomic E-state index is 0.105. The van der Waals surface area contributed by atoms with Gasteiger partial charge in [-0.1, -0.05) is 0 Å². The van der Waals surface area contributed by atoms with Crippen molar-refractivity contribution >= 4 is 11.8 Å². The van der Waals surface area contributed by atoms with Crippen LogP contribution < -0.4 is 5.32 Å². The summed E-state index contributed by atoms with van der Waals surface area (Å²) >= 11 is 1.84. The molecule has 1 aliphatic rings. The third-order valence-electron chi connectivity index (χ3n) is 1.08. The highest BCUT2D eigenvalue weighted by molar-refractivity contribution is 7.99. The van der Waals surface area contributed by atoms with Crippen molar-refractivity contribution in [1.82, 2.24) is 5.32 Å². The molecule has 1 fully saturated rings. The van der Waals surface area contributed by atoms with Crippen molar-refractivity contribution in [3.05, 3.63) is 0 Å². The fourth-order valence-electron chi connectivity index (χ4n) is 0.648. The van der Waals surface area contributed by atoms with Gasteiger partial charge >= 0.3 is 0 Å². The summed E-state index contributed by atoms with van der Waals surface area (Å²) in [4.78, 5) is 0. The third kappa shape index (κ3) is 1.39. The number of nitrogens with one attached hydrogen (secondary N) is 1. The first-order chi connectivity index (χ1) is 3.93. The van der Waals surface area contributed by atoms with Crippen LogP contribution in [-0.4, -0.2) is 24.1 Å². The number of rotatable bonds is 0. The second-order valence-corrected chi connectivity index (χ2v) is 2.86. The van der Waals surface area contributed by atoms with E-state index < -0.39 is 0 Å². The summed E-state index contributed by atoms with van der Waals surface area (Å²) in [5.41, 5.74) is 0. The van der Waals surface area contributed by atoms with Crippen LogP contribution >= 0.6 is 11.8 Å². The molecule has 0 aromatic carbocycles. The van der Waals surface area contributed by atoms with E-state index in [-0.39, 0.29) is 6.04 Å². The Kier molecular flexibility index (Phi) is 2.19. The highest BCUT2D eigenvalue weighted by Crippen LogP contribution is 2.05. The zero-order valence-corrected chi connectivity index (χ0v) is 5.37. The first kappa shape index (κ1) is 5.93. The second kappa shape index (κ2) is 2.95. The minimum absolute atomic E-state index is 0.105. The van der Waals surface area contributed by atoms with E-state index in [2.05, 4.69) is 11.4 Å². The monoisotopic (exact) mass is 128 g/mol. The summed E-state index contributed by atoms with van der Waals surface area (Å²) in [6, 6.07) is 2.28. The molecule has 0 unspecified atom stereocenters. The summed E-state index contributed by atoms with van der Waals surface area (Å²) in [6.07, 6.45) is 0. The summed E-state index contributed by atoms with van der Waals surface area (Å²) < 4.78 is 0. The maximum atomic E-state index is 8.37. The lowest BCUT2D eigenvalue weighted by Crippen LogP contribution is -2.35. The molecule has 1 atom stereocenters. The predicted octanol–water partition coefficient (Wildman–Crippen LogP) is 0.215. The molecule has 0 spiro atoms. The van der Waals surface area contributed by atoms with Gasteiger partial charge in [0.05, 0.1) is 6.07 Å². The van der Waals surface area contributed by atoms with Gasteiger partial charge in [0.15, 0.2) is 0 Å². The molecule has 0 saturated carbocycles. The average Bonchev–Trinajstić information content (AvgIpc) is 1.90. The van der Waals surface area contributed by atoms with Crippen molar-refractivity contribution in [3.63, 3.8) is 0 Å². The molecule has 0 amide bonds. The Hall–Kier alpha value is -0.200. The highest BCUT2D eigenvalue weighted by atomic mass is 32.2. The van der Waals surface area contributed by atoms with Crippen LogP contribution in [0, 0.1) is 11.3 Å². The van der Waals surface area contributed by atoms with E-state index in [1.807, 2.05) is 11.8 Å². The SMILES string of the molecule is N#C[C@@H]1CSCCN1. The van der Waals surface area contributed by atoms with Crippen molar-refractivity contribution in [3.8, 4) is 6.07 Å². The minimum Gasteiger partial charge on any atom is -0.300 e. The zero-order chi connectivity index (χ0) is 5.82. The molecule has 8 heavy (non-hydrogen) atoms. The molecule has 1 aliphatic heterocycles. The lowest BCUT2D eigenvalue weighted by Gasteiger charge is -2.15. The first-order valence-electron chi connectivity index (χ1n) is 2.64. The molecule has 3 heteroatoms. The normalized spacial score (nSPS) is 29.1. The van der Waals surface area contributed by atoms with E-state index in [0.717, 1.165) is 18.1 Å². The van der Waals surface area contributed by atoms with E-state index >= 15 is 0 Å². The van der Waals surface area contributed by atoms with Gasteiger partial charge in [-0.25, -0.2) is 0 Å². The molecule has 44 valence electrons. The lowest BCUT2D eigenvalue weighted by atomic mass is 10.4. The topological polar surface area (TPSA) is 35.8 Å². The first-order valence-corrected chi connectivity index (χ1v) is 3.79. The Morgan fingerprint density at radius 2 is 2.62 bits per heavy atom. The summed E-state index contributed by atoms with van der Waals surface area (Å²) in [5.74, 6) is 2.11. The largest absolute Gasteiger partial charge is 0.300 e. The molecule has 1 rings (SSSR count). The molecule has 0 aromatic rings. The molecule has 1 N–H and O–H groups in total. The van der Waals surface area contributed by atoms with Crippen LogP contribution in [0.25, 0.3) is 0 Å². The average molecular weight is 128 g/mol. The van der Waals surface area contributed by atoms with Crippen molar-refractivity contribution < 1.29 is 0 Å². The van der Waals surface area contributed by atoms with E-state index in [1.54, 1.807) is 0 Å². The third-order valence-corrected chi connectivity index (χ3v) is 2.14. The van der Waals surface area contributed by atoms with Crippen LogP contribution in [0.15, 0.2) is 0 Å². The number of nitriles is 1. The molecule has 0 radical (unpaired) electrons. The van der Waals surface area contributed by atoms with Gasteiger partial charge in [0.25, 0.3) is 0 Å². The van der Waals surface area contributed by atoms with Crippen LogP contribution in [0.3, 0.4) is 0 Å². The number of hydrogen-bond acceptors (Lipinski definition) is 3. The van der Waals surface area contributed by atoms with Crippen LogP contribution in [0.2, 0.25) is 0 Å². The Morgan fingerprint density at radius 3 is 3.00 bits per heavy atom. The number of hydrogen-bond donors (Lipinski definition) is 1. The number of thioether (sulfide) groups is 1. The van der Waals surface area contributed by atoms with Crippen LogP contribution in [0.1, 0.15) is 0 Å². The molecule has 0 bridgehead atoms. The quantitative estimate of drug-likeness (QED) is 0.506. The van der Waals surface area contributed by atoms with Gasteiger partial charge in [0, 0.05) is 18.1 Å². The molecule has 0 aliphatic carbocycles. The van der Waals surface area contributed by atoms with Crippen LogP contribution in [-0.2, 0) is 0 Å². The van der Waals surface area contributed by atoms with E-state index in [4.69, 9.17) is 5.26 Å². The molecule has 2 nitrogen and oxygen atoms in total. The molecular weight excluding hydrogens is 120 g/mol. The van der Waals surface area contributed by atoms with Gasteiger partial charge < -0.3 is 5.32 Å². The Bertz CT molecular complexity index is 101. The van der Waals surface area contributed by atoms with E-state index in [1.165, 1.54) is 0 Å². The highest BCUT2D eigenvalue weighted by Gasteiger charge is 2.09. The zero-order valence-electron chi connectivity index (χ0n) is 4.55. The molecule has 1 saturated heterocycles. The lowest BCUT2D eigenvalue weighted by molar-refractivity contribution is 0.666. The van der Waals surface area contributed by atoms with Crippen molar-refractivity contribution in [2.45, 2.75) is 6.04 Å². The Morgan fingerprint density at radius 1 is 1.75 bits per heavy atom. The standard InChI is InChI=1S/C5H8N2S/c6-3-5-4-8-2-1-7-5/h5,7H,1-2,4H2/t5-/m1/s1. The van der Waals surface area contributed by atoms with Gasteiger partial charge in [-0.05, 0) is 0 Å². The van der Waals surface area contributed by atoms with Crippen molar-refractivity contribution in [1.29, 1.82) is 5.26 Å². The van der Waals surface area contributed by atoms with Gasteiger partial charge in [-0.3, -0.25) is 0 Å². The summed E-state index contributed by atoms with van der Waals surface area (Å²) in [5, 5.41) is 11.5. The van der Waals surface area contributed by atoms with Crippen LogP contribution in [0.5, 0.6) is 0 Å². The van der Waals surface area contributed by atoms with Gasteiger partial charge in [-0.15, -0.1) is 0 Å². The smallest absolute Gasteiger partial charge is 0.104 e. The fraction of sp³-hybridized carbons (Fsp3) is 0.800. The second-order valence-electron chi connectivity index (χ2n) is 1.71. The maximum absolute atomic E-state index is 8.37. The fourth-order valence-corrected chi connectivity index (χ4v) is 1.51. The Labute approximate surface area is 53.3 Å². The van der Waals surface area contributed by atoms with Gasteiger partial charge in [0.1, 0.15) is 6.04 Å². The summed E-state index contributed by atoms with van der Waals surface area (Å²) in [6.45, 7) is 0.989. The van der Waals surface area contributed by atoms with Gasteiger partial charge in [-0.2, -0.15) is 17.0 Å². The number of nitrogens with zero attached hydrogens (tertiary/aromatic N) is 1. The van der Waals surface area contributed by atoms with Crippen LogP contribution in [0.4, 0.5) is 0 Å². The van der Waals surface area contributed by atoms with Crippen molar-refractivity contribution in [2.75, 3.05) is 18.1 Å². The molecule has 0 aromatic heterocycles. The maximum Gasteiger partial charge on any atom is 0.104 e. The van der Waals surface area contributed by atoms with Crippen molar-refractivity contribution in [2.24, 2.45) is 0 Å².